The first kappa shape index (κ1) is 23.9. The van der Waals surface area contributed by atoms with Crippen LogP contribution in [0.2, 0.25) is 0 Å². The smallest absolute Gasteiger partial charge is 0.475 e. The van der Waals surface area contributed by atoms with Crippen LogP contribution in [0.1, 0.15) is 45.2 Å². The van der Waals surface area contributed by atoms with E-state index in [9.17, 15) is 18.0 Å². The van der Waals surface area contributed by atoms with Crippen molar-refractivity contribution in [2.45, 2.75) is 64.4 Å². The minimum atomic E-state index is -5.08. The van der Waals surface area contributed by atoms with Gasteiger partial charge in [-0.05, 0) is 70.2 Å². The average molecular weight is 431 g/mol. The van der Waals surface area contributed by atoms with Gasteiger partial charge in [0.2, 0.25) is 0 Å². The number of carboxylic acids is 1. The molecule has 30 heavy (non-hydrogen) atoms. The molecular formula is C20H28F3N3O4. The van der Waals surface area contributed by atoms with E-state index in [1.807, 2.05) is 32.2 Å². The molecule has 7 nitrogen and oxygen atoms in total. The monoisotopic (exact) mass is 431 g/mol. The maximum Gasteiger partial charge on any atom is 0.490 e. The van der Waals surface area contributed by atoms with Crippen molar-refractivity contribution < 1.29 is 32.6 Å². The van der Waals surface area contributed by atoms with Gasteiger partial charge in [-0.3, -0.25) is 9.88 Å². The molecule has 1 spiro atoms. The number of nitrogens with one attached hydrogen (secondary N) is 1. The lowest BCUT2D eigenvalue weighted by Gasteiger charge is -2.52. The molecule has 2 N–H and O–H groups in total. The third kappa shape index (κ3) is 7.47. The zero-order chi connectivity index (χ0) is 22.4. The fourth-order valence-corrected chi connectivity index (χ4v) is 3.82. The number of likely N-dealkylation sites (tertiary alicyclic amines) is 1. The number of aromatic nitrogens is 1. The number of aliphatic carboxylic acids is 1. The Hall–Kier alpha value is -2.36. The predicted octanol–water partition coefficient (Wildman–Crippen LogP) is 3.59. The summed E-state index contributed by atoms with van der Waals surface area (Å²) in [5.41, 5.74) is 1.59. The first-order chi connectivity index (χ1) is 14.0. The van der Waals surface area contributed by atoms with Gasteiger partial charge in [-0.1, -0.05) is 6.07 Å². The van der Waals surface area contributed by atoms with E-state index in [4.69, 9.17) is 14.6 Å². The van der Waals surface area contributed by atoms with Gasteiger partial charge < -0.3 is 15.2 Å². The number of carbonyl (C=O) groups is 2. The van der Waals surface area contributed by atoms with Crippen molar-refractivity contribution in [2.24, 2.45) is 5.41 Å². The van der Waals surface area contributed by atoms with Crippen LogP contribution in [-0.2, 0) is 16.1 Å². The number of rotatable bonds is 4. The number of ether oxygens (including phenoxy) is 1. The molecule has 168 valence electrons. The number of alkyl halides is 3. The molecule has 2 heterocycles. The largest absolute Gasteiger partial charge is 0.490 e. The molecule has 1 aromatic rings. The number of carbonyl (C=O) groups excluding carboxylic acids is 1. The number of piperidine rings is 1. The highest BCUT2D eigenvalue weighted by Gasteiger charge is 2.46. The molecule has 0 aromatic carbocycles. The standard InChI is InChI=1S/C18H27N3O2.C2HF3O2/c1-14(2)23-17(22)20-16-11-18(12-16)6-9-21(10-7-18)13-15-5-3-4-8-19-15;3-2(4,5)1(6)7/h3-5,8,14,16H,6-7,9-13H2,1-2H3,(H,20,22);(H,6,7). The first-order valence-electron chi connectivity index (χ1n) is 9.89. The van der Waals surface area contributed by atoms with Crippen molar-refractivity contribution in [1.82, 2.24) is 15.2 Å². The third-order valence-electron chi connectivity index (χ3n) is 5.29. The van der Waals surface area contributed by atoms with E-state index in [2.05, 4.69) is 21.3 Å². The number of alkyl carbamates (subject to hydrolysis) is 1. The highest BCUT2D eigenvalue weighted by atomic mass is 19.4. The Labute approximate surface area is 173 Å². The van der Waals surface area contributed by atoms with Crippen molar-refractivity contribution in [3.8, 4) is 0 Å². The van der Waals surface area contributed by atoms with Crippen LogP contribution in [0.5, 0.6) is 0 Å². The Bertz CT molecular complexity index is 697. The van der Waals surface area contributed by atoms with Gasteiger partial charge in [-0.25, -0.2) is 9.59 Å². The second-order valence-corrected chi connectivity index (χ2v) is 8.10. The number of pyridine rings is 1. The summed E-state index contributed by atoms with van der Waals surface area (Å²) in [5.74, 6) is -2.76. The van der Waals surface area contributed by atoms with Gasteiger partial charge in [0.1, 0.15) is 0 Å². The highest BCUT2D eigenvalue weighted by Crippen LogP contribution is 2.49. The number of carboxylic acid groups (broad SMARTS) is 1. The molecule has 1 aliphatic carbocycles. The average Bonchev–Trinajstić information content (AvgIpc) is 2.62. The molecule has 1 aliphatic heterocycles. The number of halogens is 3. The first-order valence-corrected chi connectivity index (χ1v) is 9.89. The van der Waals surface area contributed by atoms with E-state index in [-0.39, 0.29) is 12.2 Å². The van der Waals surface area contributed by atoms with Crippen molar-refractivity contribution >= 4 is 12.1 Å². The minimum Gasteiger partial charge on any atom is -0.475 e. The van der Waals surface area contributed by atoms with Crippen LogP contribution in [0.3, 0.4) is 0 Å². The van der Waals surface area contributed by atoms with E-state index in [0.717, 1.165) is 38.2 Å². The van der Waals surface area contributed by atoms with Crippen LogP contribution in [0, 0.1) is 5.41 Å². The van der Waals surface area contributed by atoms with Crippen molar-refractivity contribution in [2.75, 3.05) is 13.1 Å². The minimum absolute atomic E-state index is 0.0566. The van der Waals surface area contributed by atoms with E-state index >= 15 is 0 Å². The summed E-state index contributed by atoms with van der Waals surface area (Å²) in [6.07, 6.45) is 1.08. The number of nitrogens with zero attached hydrogens (tertiary/aromatic N) is 2. The lowest BCUT2D eigenvalue weighted by Crippen LogP contribution is -2.55. The summed E-state index contributed by atoms with van der Waals surface area (Å²) in [6.45, 7) is 6.94. The Morgan fingerprint density at radius 3 is 2.37 bits per heavy atom. The lowest BCUT2D eigenvalue weighted by atomic mass is 9.60. The molecule has 1 saturated heterocycles. The predicted molar refractivity (Wildman–Crippen MR) is 103 cm³/mol. The Morgan fingerprint density at radius 2 is 1.90 bits per heavy atom. The highest BCUT2D eigenvalue weighted by molar-refractivity contribution is 5.73. The normalized spacial score (nSPS) is 18.9. The van der Waals surface area contributed by atoms with Gasteiger partial charge in [0, 0.05) is 18.8 Å². The fourth-order valence-electron chi connectivity index (χ4n) is 3.82. The van der Waals surface area contributed by atoms with Crippen molar-refractivity contribution in [3.63, 3.8) is 0 Å². The molecule has 1 amide bonds. The number of amides is 1. The molecule has 1 aromatic heterocycles. The molecule has 1 saturated carbocycles. The van der Waals surface area contributed by atoms with Gasteiger partial charge in [-0.15, -0.1) is 0 Å². The second kappa shape index (κ2) is 10.1. The number of hydrogen-bond acceptors (Lipinski definition) is 5. The molecule has 3 rings (SSSR count). The van der Waals surface area contributed by atoms with Gasteiger partial charge >= 0.3 is 18.2 Å². The maximum atomic E-state index is 11.6. The molecule has 0 radical (unpaired) electrons. The SMILES string of the molecule is CC(C)OC(=O)NC1CC2(CCN(Cc3ccccn3)CC2)C1.O=C(O)C(F)(F)F. The molecule has 10 heteroatoms. The second-order valence-electron chi connectivity index (χ2n) is 8.10. The zero-order valence-electron chi connectivity index (χ0n) is 17.1. The molecule has 2 aliphatic rings. The summed E-state index contributed by atoms with van der Waals surface area (Å²) in [7, 11) is 0. The zero-order valence-corrected chi connectivity index (χ0v) is 17.1. The van der Waals surface area contributed by atoms with E-state index in [1.54, 1.807) is 0 Å². The van der Waals surface area contributed by atoms with Gasteiger partial charge in [0.15, 0.2) is 0 Å². The lowest BCUT2D eigenvalue weighted by molar-refractivity contribution is -0.192. The van der Waals surface area contributed by atoms with Gasteiger partial charge in [0.25, 0.3) is 0 Å². The molecule has 2 fully saturated rings. The number of hydrogen-bond donors (Lipinski definition) is 2. The summed E-state index contributed by atoms with van der Waals surface area (Å²) in [5, 5.41) is 10.1. The van der Waals surface area contributed by atoms with Crippen LogP contribution < -0.4 is 5.32 Å². The van der Waals surface area contributed by atoms with E-state index < -0.39 is 12.1 Å². The Morgan fingerprint density at radius 1 is 1.30 bits per heavy atom. The summed E-state index contributed by atoms with van der Waals surface area (Å²) >= 11 is 0. The van der Waals surface area contributed by atoms with Gasteiger partial charge in [-0.2, -0.15) is 13.2 Å². The fraction of sp³-hybridized carbons (Fsp3) is 0.650. The maximum absolute atomic E-state index is 11.6. The topological polar surface area (TPSA) is 91.8 Å². The van der Waals surface area contributed by atoms with Gasteiger partial charge in [0.05, 0.1) is 11.8 Å². The summed E-state index contributed by atoms with van der Waals surface area (Å²) < 4.78 is 36.9. The molecule has 0 atom stereocenters. The molecule has 0 bridgehead atoms. The van der Waals surface area contributed by atoms with Crippen molar-refractivity contribution in [1.29, 1.82) is 0 Å². The van der Waals surface area contributed by atoms with Crippen LogP contribution in [0.15, 0.2) is 24.4 Å². The Kier molecular flexibility index (Phi) is 8.05. The molecular weight excluding hydrogens is 403 g/mol. The summed E-state index contributed by atoms with van der Waals surface area (Å²) in [4.78, 5) is 27.4. The van der Waals surface area contributed by atoms with Crippen LogP contribution in [-0.4, -0.2) is 58.5 Å². The van der Waals surface area contributed by atoms with Crippen molar-refractivity contribution in [3.05, 3.63) is 30.1 Å². The quantitative estimate of drug-likeness (QED) is 0.757. The van der Waals surface area contributed by atoms with E-state index in [1.165, 1.54) is 12.8 Å². The van der Waals surface area contributed by atoms with Crippen LogP contribution >= 0.6 is 0 Å². The van der Waals surface area contributed by atoms with E-state index in [0.29, 0.717) is 11.5 Å². The molecule has 0 unspecified atom stereocenters. The van der Waals surface area contributed by atoms with Crippen LogP contribution in [0.25, 0.3) is 0 Å². The third-order valence-corrected chi connectivity index (χ3v) is 5.29. The van der Waals surface area contributed by atoms with Crippen LogP contribution in [0.4, 0.5) is 18.0 Å². The summed E-state index contributed by atoms with van der Waals surface area (Å²) in [6, 6.07) is 6.39. The Balaban J connectivity index is 0.000000396.